The molecule has 1 aliphatic heterocycles. The fourth-order valence-electron chi connectivity index (χ4n) is 3.41. The fourth-order valence-corrected chi connectivity index (χ4v) is 3.41. The van der Waals surface area contributed by atoms with Crippen LogP contribution < -0.4 is 5.32 Å². The van der Waals surface area contributed by atoms with Gasteiger partial charge in [-0.15, -0.1) is 0 Å². The molecule has 0 aliphatic carbocycles. The molecule has 2 heterocycles. The summed E-state index contributed by atoms with van der Waals surface area (Å²) in [5.74, 6) is 2.10. The molecule has 4 nitrogen and oxygen atoms in total. The van der Waals surface area contributed by atoms with E-state index in [1.807, 2.05) is 47.4 Å². The van der Waals surface area contributed by atoms with Crippen molar-refractivity contribution < 1.29 is 9.21 Å². The quantitative estimate of drug-likeness (QED) is 0.681. The molecule has 0 radical (unpaired) electrons. The highest BCUT2D eigenvalue weighted by molar-refractivity contribution is 5.78. The van der Waals surface area contributed by atoms with Crippen LogP contribution >= 0.6 is 0 Å². The topological polar surface area (TPSA) is 45.5 Å². The molecule has 0 unspecified atom stereocenters. The third-order valence-electron chi connectivity index (χ3n) is 4.92. The van der Waals surface area contributed by atoms with E-state index in [-0.39, 0.29) is 5.91 Å². The molecule has 1 N–H and O–H groups in total. The highest BCUT2D eigenvalue weighted by Crippen LogP contribution is 2.21. The summed E-state index contributed by atoms with van der Waals surface area (Å²) in [5.41, 5.74) is 3.50. The molecule has 138 valence electrons. The zero-order valence-corrected chi connectivity index (χ0v) is 15.4. The molecule has 3 aromatic rings. The Morgan fingerprint density at radius 1 is 0.889 bits per heavy atom. The summed E-state index contributed by atoms with van der Waals surface area (Å²) >= 11 is 0. The Balaban J connectivity index is 1.27. The Morgan fingerprint density at radius 2 is 1.67 bits per heavy atom. The highest BCUT2D eigenvalue weighted by atomic mass is 16.3. The van der Waals surface area contributed by atoms with Crippen molar-refractivity contribution in [3.05, 3.63) is 83.6 Å². The van der Waals surface area contributed by atoms with Crippen molar-refractivity contribution in [2.75, 3.05) is 6.54 Å². The van der Waals surface area contributed by atoms with E-state index in [1.54, 1.807) is 0 Å². The number of amides is 1. The van der Waals surface area contributed by atoms with Crippen molar-refractivity contribution in [3.63, 3.8) is 0 Å². The van der Waals surface area contributed by atoms with Gasteiger partial charge in [-0.05, 0) is 29.7 Å². The summed E-state index contributed by atoms with van der Waals surface area (Å²) in [6.45, 7) is 3.08. The van der Waals surface area contributed by atoms with Crippen molar-refractivity contribution in [1.29, 1.82) is 0 Å². The molecule has 1 aliphatic rings. The van der Waals surface area contributed by atoms with Gasteiger partial charge in [-0.3, -0.25) is 4.79 Å². The van der Waals surface area contributed by atoms with Gasteiger partial charge in [0.2, 0.25) is 5.91 Å². The first-order chi connectivity index (χ1) is 13.3. The Morgan fingerprint density at radius 3 is 2.41 bits per heavy atom. The molecule has 1 aromatic heterocycles. The number of carbonyl (C=O) groups is 1. The minimum atomic E-state index is 0.272. The molecule has 1 amide bonds. The van der Waals surface area contributed by atoms with Gasteiger partial charge in [0.05, 0.1) is 6.54 Å². The average Bonchev–Trinajstić information content (AvgIpc) is 3.33. The van der Waals surface area contributed by atoms with Crippen LogP contribution in [0.1, 0.15) is 29.7 Å². The zero-order chi connectivity index (χ0) is 18.5. The fraction of sp³-hybridized carbons (Fsp3) is 0.261. The molecule has 1 saturated heterocycles. The molecule has 2 aromatic carbocycles. The second-order valence-electron chi connectivity index (χ2n) is 6.97. The van der Waals surface area contributed by atoms with Gasteiger partial charge >= 0.3 is 0 Å². The molecular weight excluding hydrogens is 336 g/mol. The molecule has 27 heavy (non-hydrogen) atoms. The smallest absolute Gasteiger partial charge is 0.222 e. The Hall–Kier alpha value is -2.85. The van der Waals surface area contributed by atoms with Gasteiger partial charge in [-0.1, -0.05) is 54.6 Å². The summed E-state index contributed by atoms with van der Waals surface area (Å²) in [5, 5.41) is 3.42. The predicted octanol–water partition coefficient (Wildman–Crippen LogP) is 4.36. The van der Waals surface area contributed by atoms with Crippen LogP contribution in [0.4, 0.5) is 0 Å². The lowest BCUT2D eigenvalue weighted by Crippen LogP contribution is -2.23. The van der Waals surface area contributed by atoms with E-state index in [0.29, 0.717) is 13.0 Å². The maximum atomic E-state index is 11.7. The van der Waals surface area contributed by atoms with Crippen molar-refractivity contribution >= 4 is 5.91 Å². The standard InChI is InChI=1S/C23H24N2O2/c26-23-7-4-14-25(23)17-19-10-8-18(9-11-19)15-24-16-21-12-13-22(27-21)20-5-2-1-3-6-20/h1-3,5-6,8-13,24H,4,7,14-17H2. The zero-order valence-electron chi connectivity index (χ0n) is 15.4. The van der Waals surface area contributed by atoms with Crippen molar-refractivity contribution in [1.82, 2.24) is 10.2 Å². The minimum absolute atomic E-state index is 0.272. The SMILES string of the molecule is O=C1CCCN1Cc1ccc(CNCc2ccc(-c3ccccc3)o2)cc1. The number of hydrogen-bond acceptors (Lipinski definition) is 3. The molecule has 0 atom stereocenters. The van der Waals surface area contributed by atoms with Gasteiger partial charge in [0.25, 0.3) is 0 Å². The lowest BCUT2D eigenvalue weighted by molar-refractivity contribution is -0.128. The van der Waals surface area contributed by atoms with Gasteiger partial charge in [0.15, 0.2) is 0 Å². The first-order valence-electron chi connectivity index (χ1n) is 9.48. The second kappa shape index (κ2) is 8.23. The molecule has 4 heteroatoms. The van der Waals surface area contributed by atoms with Gasteiger partial charge in [0, 0.05) is 31.6 Å². The molecule has 0 bridgehead atoms. The summed E-state index contributed by atoms with van der Waals surface area (Å²) in [7, 11) is 0. The van der Waals surface area contributed by atoms with Crippen LogP contribution in [0.3, 0.4) is 0 Å². The summed E-state index contributed by atoms with van der Waals surface area (Å²) < 4.78 is 5.91. The van der Waals surface area contributed by atoms with Crippen molar-refractivity contribution in [3.8, 4) is 11.3 Å². The van der Waals surface area contributed by atoms with E-state index in [1.165, 1.54) is 11.1 Å². The van der Waals surface area contributed by atoms with E-state index < -0.39 is 0 Å². The van der Waals surface area contributed by atoms with Crippen LogP contribution in [-0.2, 0) is 24.4 Å². The first-order valence-corrected chi connectivity index (χ1v) is 9.48. The maximum Gasteiger partial charge on any atom is 0.222 e. The van der Waals surface area contributed by atoms with E-state index in [2.05, 4.69) is 29.6 Å². The normalized spacial score (nSPS) is 14.1. The Labute approximate surface area is 159 Å². The Kier molecular flexibility index (Phi) is 5.35. The van der Waals surface area contributed by atoms with Crippen LogP contribution in [-0.4, -0.2) is 17.4 Å². The van der Waals surface area contributed by atoms with E-state index >= 15 is 0 Å². The summed E-state index contributed by atoms with van der Waals surface area (Å²) in [4.78, 5) is 13.7. The summed E-state index contributed by atoms with van der Waals surface area (Å²) in [6.07, 6.45) is 1.68. The number of nitrogens with zero attached hydrogens (tertiary/aromatic N) is 1. The number of carbonyl (C=O) groups excluding carboxylic acids is 1. The van der Waals surface area contributed by atoms with E-state index in [9.17, 15) is 4.79 Å². The van der Waals surface area contributed by atoms with Gasteiger partial charge in [0.1, 0.15) is 11.5 Å². The van der Waals surface area contributed by atoms with E-state index in [0.717, 1.165) is 43.1 Å². The number of furan rings is 1. The van der Waals surface area contributed by atoms with Gasteiger partial charge in [-0.2, -0.15) is 0 Å². The average molecular weight is 360 g/mol. The number of rotatable bonds is 7. The highest BCUT2D eigenvalue weighted by Gasteiger charge is 2.19. The van der Waals surface area contributed by atoms with Crippen LogP contribution in [0.25, 0.3) is 11.3 Å². The van der Waals surface area contributed by atoms with Crippen LogP contribution in [0, 0.1) is 0 Å². The minimum Gasteiger partial charge on any atom is -0.460 e. The molecular formula is C23H24N2O2. The van der Waals surface area contributed by atoms with Crippen LogP contribution in [0.5, 0.6) is 0 Å². The molecule has 4 rings (SSSR count). The number of likely N-dealkylation sites (tertiary alicyclic amines) is 1. The number of nitrogens with one attached hydrogen (secondary N) is 1. The van der Waals surface area contributed by atoms with E-state index in [4.69, 9.17) is 4.42 Å². The van der Waals surface area contributed by atoms with Crippen molar-refractivity contribution in [2.24, 2.45) is 0 Å². The molecule has 0 saturated carbocycles. The number of benzene rings is 2. The lowest BCUT2D eigenvalue weighted by Gasteiger charge is -2.15. The van der Waals surface area contributed by atoms with Crippen molar-refractivity contribution in [2.45, 2.75) is 32.5 Å². The third kappa shape index (κ3) is 4.47. The maximum absolute atomic E-state index is 11.7. The first kappa shape index (κ1) is 17.6. The summed E-state index contributed by atoms with van der Waals surface area (Å²) in [6, 6.07) is 22.6. The lowest BCUT2D eigenvalue weighted by atomic mass is 10.1. The monoisotopic (exact) mass is 360 g/mol. The van der Waals surface area contributed by atoms with Gasteiger partial charge < -0.3 is 14.6 Å². The second-order valence-corrected chi connectivity index (χ2v) is 6.97. The number of hydrogen-bond donors (Lipinski definition) is 1. The predicted molar refractivity (Wildman–Crippen MR) is 106 cm³/mol. The largest absolute Gasteiger partial charge is 0.460 e. The Bertz CT molecular complexity index is 884. The van der Waals surface area contributed by atoms with Crippen LogP contribution in [0.15, 0.2) is 71.1 Å². The van der Waals surface area contributed by atoms with Gasteiger partial charge in [-0.25, -0.2) is 0 Å². The third-order valence-corrected chi connectivity index (χ3v) is 4.92. The van der Waals surface area contributed by atoms with Crippen LogP contribution in [0.2, 0.25) is 0 Å². The molecule has 0 spiro atoms. The molecule has 1 fully saturated rings.